The van der Waals surface area contributed by atoms with Gasteiger partial charge in [0.05, 0.1) is 12.5 Å². The van der Waals surface area contributed by atoms with Gasteiger partial charge < -0.3 is 4.74 Å². The van der Waals surface area contributed by atoms with Gasteiger partial charge in [0.1, 0.15) is 5.75 Å². The average Bonchev–Trinajstić information content (AvgIpc) is 2.42. The van der Waals surface area contributed by atoms with Crippen molar-refractivity contribution in [2.45, 2.75) is 18.7 Å². The molecule has 3 heteroatoms. The second-order valence-electron chi connectivity index (χ2n) is 4.50. The fourth-order valence-corrected chi connectivity index (χ4v) is 3.31. The molecule has 19 heavy (non-hydrogen) atoms. The molecular weight excluding hydrogens is 371 g/mol. The maximum absolute atomic E-state index is 6.57. The van der Waals surface area contributed by atoms with E-state index in [9.17, 15) is 0 Å². The maximum atomic E-state index is 6.57. The summed E-state index contributed by atoms with van der Waals surface area (Å²) in [7, 11) is 1.68. The van der Waals surface area contributed by atoms with Gasteiger partial charge >= 0.3 is 0 Å². The van der Waals surface area contributed by atoms with E-state index in [2.05, 4.69) is 53.8 Å². The quantitative estimate of drug-likeness (QED) is 0.523. The van der Waals surface area contributed by atoms with Crippen LogP contribution in [0.3, 0.4) is 0 Å². The topological polar surface area (TPSA) is 9.23 Å². The van der Waals surface area contributed by atoms with Crippen LogP contribution in [0.5, 0.6) is 5.75 Å². The van der Waals surface area contributed by atoms with Gasteiger partial charge in [0.15, 0.2) is 0 Å². The average molecular weight is 387 g/mol. The van der Waals surface area contributed by atoms with Crippen molar-refractivity contribution in [3.8, 4) is 5.75 Å². The Hall–Kier alpha value is -0.740. The Morgan fingerprint density at radius 2 is 1.95 bits per heavy atom. The minimum atomic E-state index is -0.0149. The molecule has 0 aliphatic heterocycles. The highest BCUT2D eigenvalue weighted by Gasteiger charge is 2.13. The number of alkyl halides is 1. The first-order valence-electron chi connectivity index (χ1n) is 6.14. The van der Waals surface area contributed by atoms with Gasteiger partial charge in [-0.25, -0.2) is 0 Å². The van der Waals surface area contributed by atoms with Crippen LogP contribution in [0.2, 0.25) is 0 Å². The molecule has 1 unspecified atom stereocenters. The smallest absolute Gasteiger partial charge is 0.119 e. The molecule has 2 aromatic rings. The SMILES string of the molecule is COc1cccc(CC(Cl)c2cccc(C)c2I)c1. The standard InChI is InChI=1S/C16H16ClIO/c1-11-5-3-8-14(16(11)18)15(17)10-12-6-4-7-13(9-12)19-2/h3-9,15H,10H2,1-2H3. The molecule has 0 aliphatic carbocycles. The number of hydrogen-bond acceptors (Lipinski definition) is 1. The van der Waals surface area contributed by atoms with E-state index in [-0.39, 0.29) is 5.38 Å². The molecule has 0 fully saturated rings. The van der Waals surface area contributed by atoms with Crippen LogP contribution in [-0.4, -0.2) is 7.11 Å². The molecule has 0 amide bonds. The second-order valence-corrected chi connectivity index (χ2v) is 6.11. The Bertz CT molecular complexity index is 568. The highest BCUT2D eigenvalue weighted by molar-refractivity contribution is 14.1. The Labute approximate surface area is 133 Å². The molecule has 0 heterocycles. The lowest BCUT2D eigenvalue weighted by Crippen LogP contribution is -2.00. The third kappa shape index (κ3) is 3.63. The van der Waals surface area contributed by atoms with Gasteiger partial charge in [-0.15, -0.1) is 11.6 Å². The lowest BCUT2D eigenvalue weighted by atomic mass is 10.0. The summed E-state index contributed by atoms with van der Waals surface area (Å²) in [5.74, 6) is 0.875. The van der Waals surface area contributed by atoms with E-state index < -0.39 is 0 Å². The molecule has 0 N–H and O–H groups in total. The second kappa shape index (κ2) is 6.62. The molecule has 1 atom stereocenters. The largest absolute Gasteiger partial charge is 0.497 e. The predicted octanol–water partition coefficient (Wildman–Crippen LogP) is 5.13. The molecule has 0 saturated heterocycles. The van der Waals surface area contributed by atoms with Crippen LogP contribution in [0.15, 0.2) is 42.5 Å². The lowest BCUT2D eigenvalue weighted by Gasteiger charge is -2.14. The first-order chi connectivity index (χ1) is 9.11. The van der Waals surface area contributed by atoms with Gasteiger partial charge in [-0.2, -0.15) is 0 Å². The van der Waals surface area contributed by atoms with Crippen LogP contribution in [0.4, 0.5) is 0 Å². The number of benzene rings is 2. The summed E-state index contributed by atoms with van der Waals surface area (Å²) in [5, 5.41) is -0.0149. The molecule has 2 rings (SSSR count). The number of halogens is 2. The van der Waals surface area contributed by atoms with Crippen LogP contribution in [0.1, 0.15) is 22.1 Å². The molecule has 0 saturated carbocycles. The van der Waals surface area contributed by atoms with Gasteiger partial charge in [-0.1, -0.05) is 30.3 Å². The van der Waals surface area contributed by atoms with Gasteiger partial charge in [-0.05, 0) is 64.8 Å². The molecule has 0 aromatic heterocycles. The first kappa shape index (κ1) is 14.7. The Kier molecular flexibility index (Phi) is 5.11. The highest BCUT2D eigenvalue weighted by atomic mass is 127. The number of aryl methyl sites for hydroxylation is 1. The summed E-state index contributed by atoms with van der Waals surface area (Å²) in [5.41, 5.74) is 3.66. The normalized spacial score (nSPS) is 12.2. The Balaban J connectivity index is 2.20. The van der Waals surface area contributed by atoms with E-state index in [1.165, 1.54) is 20.3 Å². The zero-order valence-corrected chi connectivity index (χ0v) is 13.9. The molecule has 1 nitrogen and oxygen atoms in total. The minimum absolute atomic E-state index is 0.0149. The summed E-state index contributed by atoms with van der Waals surface area (Å²) in [6, 6.07) is 14.3. The van der Waals surface area contributed by atoms with Crippen LogP contribution >= 0.6 is 34.2 Å². The Morgan fingerprint density at radius 1 is 1.21 bits per heavy atom. The molecular formula is C16H16ClIO. The summed E-state index contributed by atoms with van der Waals surface area (Å²) in [6.07, 6.45) is 0.804. The number of rotatable bonds is 4. The van der Waals surface area contributed by atoms with Crippen LogP contribution in [0.25, 0.3) is 0 Å². The van der Waals surface area contributed by atoms with E-state index in [0.29, 0.717) is 0 Å². The maximum Gasteiger partial charge on any atom is 0.119 e. The van der Waals surface area contributed by atoms with Crippen LogP contribution in [0, 0.1) is 10.5 Å². The number of ether oxygens (including phenoxy) is 1. The van der Waals surface area contributed by atoms with Gasteiger partial charge in [0, 0.05) is 3.57 Å². The van der Waals surface area contributed by atoms with E-state index in [4.69, 9.17) is 16.3 Å². The van der Waals surface area contributed by atoms with E-state index in [1.54, 1.807) is 7.11 Å². The fraction of sp³-hybridized carbons (Fsp3) is 0.250. The first-order valence-corrected chi connectivity index (χ1v) is 7.65. The zero-order valence-electron chi connectivity index (χ0n) is 11.0. The van der Waals surface area contributed by atoms with E-state index in [1.807, 2.05) is 18.2 Å². The highest BCUT2D eigenvalue weighted by Crippen LogP contribution is 2.31. The number of methoxy groups -OCH3 is 1. The van der Waals surface area contributed by atoms with Crippen molar-refractivity contribution in [1.29, 1.82) is 0 Å². The fourth-order valence-electron chi connectivity index (χ4n) is 2.03. The third-order valence-electron chi connectivity index (χ3n) is 3.11. The summed E-state index contributed by atoms with van der Waals surface area (Å²) in [4.78, 5) is 0. The van der Waals surface area contributed by atoms with E-state index in [0.717, 1.165) is 12.2 Å². The lowest BCUT2D eigenvalue weighted by molar-refractivity contribution is 0.414. The summed E-state index contributed by atoms with van der Waals surface area (Å²) in [6.45, 7) is 2.11. The third-order valence-corrected chi connectivity index (χ3v) is 4.97. The van der Waals surface area contributed by atoms with Gasteiger partial charge in [-0.3, -0.25) is 0 Å². The molecule has 0 bridgehead atoms. The summed E-state index contributed by atoms with van der Waals surface area (Å²) >= 11 is 8.94. The number of hydrogen-bond donors (Lipinski definition) is 0. The summed E-state index contributed by atoms with van der Waals surface area (Å²) < 4.78 is 6.49. The molecule has 100 valence electrons. The molecule has 0 aliphatic rings. The van der Waals surface area contributed by atoms with Crippen molar-refractivity contribution < 1.29 is 4.74 Å². The van der Waals surface area contributed by atoms with E-state index >= 15 is 0 Å². The van der Waals surface area contributed by atoms with Crippen molar-refractivity contribution >= 4 is 34.2 Å². The van der Waals surface area contributed by atoms with Crippen molar-refractivity contribution in [1.82, 2.24) is 0 Å². The van der Waals surface area contributed by atoms with Crippen LogP contribution in [-0.2, 0) is 6.42 Å². The zero-order chi connectivity index (χ0) is 13.8. The van der Waals surface area contributed by atoms with Gasteiger partial charge in [0.2, 0.25) is 0 Å². The van der Waals surface area contributed by atoms with Gasteiger partial charge in [0.25, 0.3) is 0 Å². The van der Waals surface area contributed by atoms with Crippen molar-refractivity contribution in [2.24, 2.45) is 0 Å². The van der Waals surface area contributed by atoms with Crippen molar-refractivity contribution in [3.05, 3.63) is 62.7 Å². The predicted molar refractivity (Wildman–Crippen MR) is 89.2 cm³/mol. The minimum Gasteiger partial charge on any atom is -0.497 e. The van der Waals surface area contributed by atoms with Crippen LogP contribution < -0.4 is 4.74 Å². The molecule has 0 radical (unpaired) electrons. The molecule has 2 aromatic carbocycles. The van der Waals surface area contributed by atoms with Crippen molar-refractivity contribution in [2.75, 3.05) is 7.11 Å². The molecule has 0 spiro atoms. The monoisotopic (exact) mass is 386 g/mol. The Morgan fingerprint density at radius 3 is 2.68 bits per heavy atom. The van der Waals surface area contributed by atoms with Crippen molar-refractivity contribution in [3.63, 3.8) is 0 Å².